The summed E-state index contributed by atoms with van der Waals surface area (Å²) in [5.74, 6) is 0.645. The zero-order valence-electron chi connectivity index (χ0n) is 10.2. The molecule has 0 aromatic heterocycles. The molecule has 2 bridgehead atoms. The number of piperidine rings is 1. The first-order chi connectivity index (χ1) is 8.72. The van der Waals surface area contributed by atoms with Crippen LogP contribution in [0.4, 0.5) is 0 Å². The first-order valence-electron chi connectivity index (χ1n) is 6.35. The third-order valence-electron chi connectivity index (χ3n) is 3.79. The number of phenols is 1. The van der Waals surface area contributed by atoms with Gasteiger partial charge in [0.25, 0.3) is 0 Å². The van der Waals surface area contributed by atoms with Crippen LogP contribution in [-0.2, 0) is 16.1 Å². The molecular formula is C14H17NO3. The van der Waals surface area contributed by atoms with E-state index in [2.05, 4.69) is 4.90 Å². The van der Waals surface area contributed by atoms with Gasteiger partial charge in [-0.3, -0.25) is 9.69 Å². The molecule has 1 N–H and O–H groups in total. The van der Waals surface area contributed by atoms with E-state index in [1.807, 2.05) is 12.1 Å². The summed E-state index contributed by atoms with van der Waals surface area (Å²) < 4.78 is 5.54. The summed E-state index contributed by atoms with van der Waals surface area (Å²) in [7, 11) is 0. The van der Waals surface area contributed by atoms with Crippen molar-refractivity contribution in [3.05, 3.63) is 29.8 Å². The van der Waals surface area contributed by atoms with Crippen LogP contribution >= 0.6 is 0 Å². The molecule has 0 amide bonds. The number of hydrogen-bond acceptors (Lipinski definition) is 4. The van der Waals surface area contributed by atoms with Gasteiger partial charge >= 0.3 is 0 Å². The van der Waals surface area contributed by atoms with Crippen molar-refractivity contribution in [2.75, 3.05) is 13.2 Å². The fourth-order valence-corrected chi connectivity index (χ4v) is 2.86. The summed E-state index contributed by atoms with van der Waals surface area (Å²) in [5.41, 5.74) is 1.17. The maximum Gasteiger partial charge on any atom is 0.136 e. The molecule has 2 saturated heterocycles. The number of Topliss-reactive ketones (excluding diaryl/α,β-unsaturated/α-hetero) is 1. The minimum Gasteiger partial charge on any atom is -0.508 e. The minimum atomic E-state index is 0.221. The van der Waals surface area contributed by atoms with Gasteiger partial charge in [0.15, 0.2) is 0 Å². The van der Waals surface area contributed by atoms with E-state index in [0.717, 1.165) is 6.54 Å². The van der Waals surface area contributed by atoms with E-state index in [4.69, 9.17) is 4.74 Å². The molecule has 0 spiro atoms. The van der Waals surface area contributed by atoms with E-state index >= 15 is 0 Å². The maximum atomic E-state index is 11.6. The van der Waals surface area contributed by atoms with Crippen molar-refractivity contribution in [2.45, 2.75) is 31.5 Å². The number of ether oxygens (including phenoxy) is 1. The number of carbonyl (C=O) groups excluding carboxylic acids is 1. The van der Waals surface area contributed by atoms with Crippen LogP contribution in [0.1, 0.15) is 18.4 Å². The van der Waals surface area contributed by atoms with Crippen molar-refractivity contribution in [1.82, 2.24) is 4.90 Å². The highest BCUT2D eigenvalue weighted by Crippen LogP contribution is 2.27. The predicted molar refractivity (Wildman–Crippen MR) is 66.3 cm³/mol. The Hall–Kier alpha value is -1.39. The minimum absolute atomic E-state index is 0.221. The Kier molecular flexibility index (Phi) is 3.06. The molecule has 0 radical (unpaired) electrons. The molecule has 2 atom stereocenters. The topological polar surface area (TPSA) is 49.8 Å². The first kappa shape index (κ1) is 11.7. The number of fused-ring (bicyclic) bond motifs is 2. The molecular weight excluding hydrogens is 230 g/mol. The van der Waals surface area contributed by atoms with Gasteiger partial charge in [-0.2, -0.15) is 0 Å². The van der Waals surface area contributed by atoms with Crippen molar-refractivity contribution in [1.29, 1.82) is 0 Å². The van der Waals surface area contributed by atoms with E-state index in [1.165, 1.54) is 5.56 Å². The van der Waals surface area contributed by atoms with Crippen LogP contribution in [0.3, 0.4) is 0 Å². The Bertz CT molecular complexity index is 427. The van der Waals surface area contributed by atoms with Crippen LogP contribution in [0.15, 0.2) is 24.3 Å². The van der Waals surface area contributed by atoms with E-state index in [-0.39, 0.29) is 17.8 Å². The monoisotopic (exact) mass is 247 g/mol. The lowest BCUT2D eigenvalue weighted by atomic mass is 9.92. The van der Waals surface area contributed by atoms with Crippen molar-refractivity contribution < 1.29 is 14.6 Å². The van der Waals surface area contributed by atoms with Crippen LogP contribution < -0.4 is 0 Å². The van der Waals surface area contributed by atoms with Gasteiger partial charge < -0.3 is 9.84 Å². The third kappa shape index (κ3) is 2.26. The number of hydrogen-bond donors (Lipinski definition) is 1. The standard InChI is InChI=1S/C14H17NO3/c16-13-3-1-10(2-4-13)7-15-11-5-14(17)6-12(15)9-18-8-11/h1-4,11-12,16H,5-9H2. The number of aromatic hydroxyl groups is 1. The Morgan fingerprint density at radius 1 is 1.17 bits per heavy atom. The molecule has 0 aliphatic carbocycles. The Balaban J connectivity index is 1.75. The average Bonchev–Trinajstić information content (AvgIpc) is 2.33. The molecule has 2 aliphatic heterocycles. The smallest absolute Gasteiger partial charge is 0.136 e. The summed E-state index contributed by atoms with van der Waals surface area (Å²) in [4.78, 5) is 14.0. The van der Waals surface area contributed by atoms with E-state index < -0.39 is 0 Å². The number of ketones is 1. The number of morpholine rings is 1. The molecule has 1 aromatic rings. The Labute approximate surface area is 106 Å². The summed E-state index contributed by atoms with van der Waals surface area (Å²) in [6.07, 6.45) is 1.21. The van der Waals surface area contributed by atoms with Crippen molar-refractivity contribution in [3.8, 4) is 5.75 Å². The lowest BCUT2D eigenvalue weighted by Gasteiger charge is -2.45. The average molecular weight is 247 g/mol. The molecule has 4 nitrogen and oxygen atoms in total. The number of rotatable bonds is 2. The predicted octanol–water partition coefficient (Wildman–Crippen LogP) is 1.32. The van der Waals surface area contributed by atoms with Gasteiger partial charge in [-0.15, -0.1) is 0 Å². The first-order valence-corrected chi connectivity index (χ1v) is 6.35. The highest BCUT2D eigenvalue weighted by Gasteiger charge is 2.37. The second kappa shape index (κ2) is 4.71. The second-order valence-electron chi connectivity index (χ2n) is 5.13. The maximum absolute atomic E-state index is 11.6. The quantitative estimate of drug-likeness (QED) is 0.856. The SMILES string of the molecule is O=C1CC2COCC(C1)N2Cc1ccc(O)cc1. The second-order valence-corrected chi connectivity index (χ2v) is 5.13. The van der Waals surface area contributed by atoms with E-state index in [0.29, 0.717) is 31.8 Å². The summed E-state index contributed by atoms with van der Waals surface area (Å²) in [6, 6.07) is 7.72. The summed E-state index contributed by atoms with van der Waals surface area (Å²) in [5, 5.41) is 9.28. The van der Waals surface area contributed by atoms with Crippen LogP contribution in [0.25, 0.3) is 0 Å². The highest BCUT2D eigenvalue weighted by molar-refractivity contribution is 5.80. The summed E-state index contributed by atoms with van der Waals surface area (Å²) >= 11 is 0. The van der Waals surface area contributed by atoms with Gasteiger partial charge in [0, 0.05) is 31.5 Å². The molecule has 3 rings (SSSR count). The van der Waals surface area contributed by atoms with Crippen LogP contribution in [0.5, 0.6) is 5.75 Å². The van der Waals surface area contributed by atoms with Gasteiger partial charge in [0.05, 0.1) is 13.2 Å². The molecule has 1 aromatic carbocycles. The Morgan fingerprint density at radius 3 is 2.39 bits per heavy atom. The molecule has 96 valence electrons. The normalized spacial score (nSPS) is 28.3. The number of phenolic OH excluding ortho intramolecular Hbond substituents is 1. The summed E-state index contributed by atoms with van der Waals surface area (Å²) in [6.45, 7) is 2.13. The van der Waals surface area contributed by atoms with Crippen LogP contribution in [-0.4, -0.2) is 41.1 Å². The highest BCUT2D eigenvalue weighted by atomic mass is 16.5. The lowest BCUT2D eigenvalue weighted by molar-refractivity contribution is -0.136. The van der Waals surface area contributed by atoms with Gasteiger partial charge in [-0.25, -0.2) is 0 Å². The fourth-order valence-electron chi connectivity index (χ4n) is 2.86. The van der Waals surface area contributed by atoms with Gasteiger partial charge in [0.1, 0.15) is 11.5 Å². The fraction of sp³-hybridized carbons (Fsp3) is 0.500. The number of carbonyl (C=O) groups is 1. The molecule has 2 heterocycles. The molecule has 18 heavy (non-hydrogen) atoms. The van der Waals surface area contributed by atoms with Crippen LogP contribution in [0.2, 0.25) is 0 Å². The molecule has 2 unspecified atom stereocenters. The zero-order valence-corrected chi connectivity index (χ0v) is 10.2. The lowest BCUT2D eigenvalue weighted by Crippen LogP contribution is -2.56. The van der Waals surface area contributed by atoms with Crippen LogP contribution in [0, 0.1) is 0 Å². The van der Waals surface area contributed by atoms with Crippen molar-refractivity contribution in [3.63, 3.8) is 0 Å². The number of nitrogens with zero attached hydrogens (tertiary/aromatic N) is 1. The van der Waals surface area contributed by atoms with E-state index in [9.17, 15) is 9.90 Å². The molecule has 2 aliphatic rings. The van der Waals surface area contributed by atoms with E-state index in [1.54, 1.807) is 12.1 Å². The molecule has 4 heteroatoms. The zero-order chi connectivity index (χ0) is 12.5. The molecule has 2 fully saturated rings. The largest absolute Gasteiger partial charge is 0.508 e. The van der Waals surface area contributed by atoms with Gasteiger partial charge in [0.2, 0.25) is 0 Å². The van der Waals surface area contributed by atoms with Gasteiger partial charge in [-0.1, -0.05) is 12.1 Å². The van der Waals surface area contributed by atoms with Crippen molar-refractivity contribution >= 4 is 5.78 Å². The third-order valence-corrected chi connectivity index (χ3v) is 3.79. The van der Waals surface area contributed by atoms with Gasteiger partial charge in [-0.05, 0) is 17.7 Å². The Morgan fingerprint density at radius 2 is 1.78 bits per heavy atom. The van der Waals surface area contributed by atoms with Crippen molar-refractivity contribution in [2.24, 2.45) is 0 Å². The molecule has 0 saturated carbocycles. The number of benzene rings is 1.